The molecule has 102 valence electrons. The van der Waals surface area contributed by atoms with Gasteiger partial charge in [-0.3, -0.25) is 0 Å². The van der Waals surface area contributed by atoms with Crippen LogP contribution in [0.5, 0.6) is 0 Å². The van der Waals surface area contributed by atoms with E-state index in [1.165, 1.54) is 12.1 Å². The summed E-state index contributed by atoms with van der Waals surface area (Å²) in [4.78, 5) is 3.22. The highest BCUT2D eigenvalue weighted by molar-refractivity contribution is 5.85. The summed E-state index contributed by atoms with van der Waals surface area (Å²) >= 11 is 0. The van der Waals surface area contributed by atoms with E-state index in [0.29, 0.717) is 0 Å². The van der Waals surface area contributed by atoms with E-state index in [4.69, 9.17) is 0 Å². The maximum absolute atomic E-state index is 12.5. The minimum atomic E-state index is -4.29. The highest BCUT2D eigenvalue weighted by Gasteiger charge is 2.29. The van der Waals surface area contributed by atoms with Gasteiger partial charge < -0.3 is 4.98 Å². The molecule has 1 heterocycles. The Kier molecular flexibility index (Phi) is 2.82. The van der Waals surface area contributed by atoms with Crippen LogP contribution in [0.2, 0.25) is 0 Å². The van der Waals surface area contributed by atoms with E-state index in [1.54, 1.807) is 0 Å². The summed E-state index contributed by atoms with van der Waals surface area (Å²) in [6.45, 7) is 1.97. The van der Waals surface area contributed by atoms with Crippen molar-refractivity contribution >= 4 is 10.9 Å². The third kappa shape index (κ3) is 2.29. The number of aryl methyl sites for hydroxylation is 1. The molecule has 0 aliphatic heterocycles. The molecule has 0 unspecified atom stereocenters. The van der Waals surface area contributed by atoms with E-state index in [9.17, 15) is 13.2 Å². The van der Waals surface area contributed by atoms with Crippen LogP contribution in [0.1, 0.15) is 11.3 Å². The second-order valence-corrected chi connectivity index (χ2v) is 4.83. The molecule has 0 atom stereocenters. The van der Waals surface area contributed by atoms with Crippen LogP contribution in [0.3, 0.4) is 0 Å². The highest BCUT2D eigenvalue weighted by atomic mass is 19.4. The van der Waals surface area contributed by atoms with Crippen LogP contribution < -0.4 is 0 Å². The fraction of sp³-hybridized carbons (Fsp3) is 0.125. The summed E-state index contributed by atoms with van der Waals surface area (Å²) in [6, 6.07) is 13.1. The van der Waals surface area contributed by atoms with E-state index in [0.717, 1.165) is 39.9 Å². The van der Waals surface area contributed by atoms with Crippen LogP contribution in [0, 0.1) is 6.92 Å². The lowest BCUT2D eigenvalue weighted by molar-refractivity contribution is -0.137. The normalized spacial score (nSPS) is 12.0. The second kappa shape index (κ2) is 4.40. The van der Waals surface area contributed by atoms with Gasteiger partial charge in [-0.05, 0) is 47.7 Å². The first-order valence-corrected chi connectivity index (χ1v) is 6.20. The van der Waals surface area contributed by atoms with Gasteiger partial charge in [-0.25, -0.2) is 0 Å². The number of aromatic nitrogens is 1. The Bertz CT molecular complexity index is 751. The van der Waals surface area contributed by atoms with Crippen molar-refractivity contribution in [1.29, 1.82) is 0 Å². The predicted molar refractivity (Wildman–Crippen MR) is 73.5 cm³/mol. The first kappa shape index (κ1) is 12.8. The Morgan fingerprint density at radius 1 is 0.850 bits per heavy atom. The maximum atomic E-state index is 12.5. The predicted octanol–water partition coefficient (Wildman–Crippen LogP) is 5.16. The van der Waals surface area contributed by atoms with Crippen LogP contribution in [-0.4, -0.2) is 4.98 Å². The highest BCUT2D eigenvalue weighted by Crippen LogP contribution is 2.31. The molecule has 3 aromatic rings. The number of benzene rings is 2. The number of nitrogens with one attached hydrogen (secondary N) is 1. The summed E-state index contributed by atoms with van der Waals surface area (Å²) < 4.78 is 37.6. The summed E-state index contributed by atoms with van der Waals surface area (Å²) in [5.41, 5.74) is 3.09. The largest absolute Gasteiger partial charge is 0.416 e. The number of rotatable bonds is 1. The van der Waals surface area contributed by atoms with Gasteiger partial charge in [0, 0.05) is 11.2 Å². The third-order valence-corrected chi connectivity index (χ3v) is 3.30. The van der Waals surface area contributed by atoms with Gasteiger partial charge in [0.25, 0.3) is 0 Å². The Morgan fingerprint density at radius 2 is 1.50 bits per heavy atom. The molecule has 1 nitrogen and oxygen atoms in total. The zero-order chi connectivity index (χ0) is 14.3. The average molecular weight is 275 g/mol. The summed E-state index contributed by atoms with van der Waals surface area (Å²) in [7, 11) is 0. The van der Waals surface area contributed by atoms with Crippen molar-refractivity contribution in [2.45, 2.75) is 13.1 Å². The quantitative estimate of drug-likeness (QED) is 0.631. The molecule has 0 radical (unpaired) electrons. The third-order valence-electron chi connectivity index (χ3n) is 3.30. The Balaban J connectivity index is 2.02. The minimum Gasteiger partial charge on any atom is -0.359 e. The van der Waals surface area contributed by atoms with Gasteiger partial charge in [0.15, 0.2) is 0 Å². The van der Waals surface area contributed by atoms with Crippen molar-refractivity contribution in [3.63, 3.8) is 0 Å². The number of hydrogen-bond acceptors (Lipinski definition) is 0. The van der Waals surface area contributed by atoms with Gasteiger partial charge in [-0.2, -0.15) is 13.2 Å². The zero-order valence-corrected chi connectivity index (χ0v) is 10.8. The summed E-state index contributed by atoms with van der Waals surface area (Å²) in [5.74, 6) is 0. The van der Waals surface area contributed by atoms with Crippen LogP contribution in [-0.2, 0) is 6.18 Å². The molecule has 0 spiro atoms. The van der Waals surface area contributed by atoms with Crippen LogP contribution in [0.25, 0.3) is 22.0 Å². The number of hydrogen-bond donors (Lipinski definition) is 1. The first-order valence-electron chi connectivity index (χ1n) is 6.20. The van der Waals surface area contributed by atoms with E-state index in [1.807, 2.05) is 31.2 Å². The maximum Gasteiger partial charge on any atom is 0.416 e. The lowest BCUT2D eigenvalue weighted by Gasteiger charge is -2.08. The van der Waals surface area contributed by atoms with Gasteiger partial charge >= 0.3 is 6.18 Å². The molecule has 0 saturated heterocycles. The molecule has 4 heteroatoms. The van der Waals surface area contributed by atoms with Gasteiger partial charge in [-0.1, -0.05) is 24.3 Å². The molecule has 0 amide bonds. The average Bonchev–Trinajstić information content (AvgIpc) is 2.77. The van der Waals surface area contributed by atoms with Gasteiger partial charge in [0.2, 0.25) is 0 Å². The zero-order valence-electron chi connectivity index (χ0n) is 10.8. The van der Waals surface area contributed by atoms with Gasteiger partial charge in [0.1, 0.15) is 0 Å². The summed E-state index contributed by atoms with van der Waals surface area (Å²) in [6.07, 6.45) is -4.29. The molecular formula is C16H12F3N. The number of fused-ring (bicyclic) bond motifs is 1. The topological polar surface area (TPSA) is 15.8 Å². The standard InChI is InChI=1S/C16H12F3N/c1-10-8-13-3-2-12(9-15(13)20-10)11-4-6-14(7-5-11)16(17,18)19/h2-9,20H,1H3. The Labute approximate surface area is 114 Å². The van der Waals surface area contributed by atoms with E-state index >= 15 is 0 Å². The molecule has 0 aliphatic carbocycles. The van der Waals surface area contributed by atoms with Crippen molar-refractivity contribution in [3.05, 3.63) is 59.8 Å². The van der Waals surface area contributed by atoms with Crippen molar-refractivity contribution in [2.75, 3.05) is 0 Å². The van der Waals surface area contributed by atoms with E-state index in [2.05, 4.69) is 4.98 Å². The molecule has 1 N–H and O–H groups in total. The van der Waals surface area contributed by atoms with Crippen molar-refractivity contribution in [3.8, 4) is 11.1 Å². The van der Waals surface area contributed by atoms with Crippen LogP contribution in [0.15, 0.2) is 48.5 Å². The lowest BCUT2D eigenvalue weighted by atomic mass is 10.0. The SMILES string of the molecule is Cc1cc2ccc(-c3ccc(C(F)(F)F)cc3)cc2[nH]1. The first-order chi connectivity index (χ1) is 9.43. The fourth-order valence-electron chi connectivity index (χ4n) is 2.30. The number of alkyl halides is 3. The molecular weight excluding hydrogens is 263 g/mol. The molecule has 0 fully saturated rings. The molecule has 0 aliphatic rings. The molecule has 1 aromatic heterocycles. The van der Waals surface area contributed by atoms with E-state index in [-0.39, 0.29) is 0 Å². The Morgan fingerprint density at radius 3 is 2.15 bits per heavy atom. The molecule has 3 rings (SSSR count). The Hall–Kier alpha value is -2.23. The molecule has 0 saturated carbocycles. The number of aromatic amines is 1. The molecule has 20 heavy (non-hydrogen) atoms. The summed E-state index contributed by atoms with van der Waals surface area (Å²) in [5, 5.41) is 1.10. The monoisotopic (exact) mass is 275 g/mol. The lowest BCUT2D eigenvalue weighted by Crippen LogP contribution is -2.03. The smallest absolute Gasteiger partial charge is 0.359 e. The van der Waals surface area contributed by atoms with Crippen molar-refractivity contribution < 1.29 is 13.2 Å². The second-order valence-electron chi connectivity index (χ2n) is 4.83. The number of halogens is 3. The van der Waals surface area contributed by atoms with Crippen LogP contribution >= 0.6 is 0 Å². The van der Waals surface area contributed by atoms with Crippen molar-refractivity contribution in [2.24, 2.45) is 0 Å². The fourth-order valence-corrected chi connectivity index (χ4v) is 2.30. The minimum absolute atomic E-state index is 0.627. The van der Waals surface area contributed by atoms with Gasteiger partial charge in [0.05, 0.1) is 5.56 Å². The van der Waals surface area contributed by atoms with Crippen molar-refractivity contribution in [1.82, 2.24) is 4.98 Å². The van der Waals surface area contributed by atoms with Gasteiger partial charge in [-0.15, -0.1) is 0 Å². The molecule has 2 aromatic carbocycles. The van der Waals surface area contributed by atoms with E-state index < -0.39 is 11.7 Å². The molecule has 0 bridgehead atoms. The number of H-pyrrole nitrogens is 1. The van der Waals surface area contributed by atoms with Crippen LogP contribution in [0.4, 0.5) is 13.2 Å².